The van der Waals surface area contributed by atoms with Crippen LogP contribution >= 0.6 is 0 Å². The number of rotatable bonds is 42. The third-order valence-electron chi connectivity index (χ3n) is 13.6. The van der Waals surface area contributed by atoms with Crippen LogP contribution in [-0.4, -0.2) is 207 Å². The summed E-state index contributed by atoms with van der Waals surface area (Å²) >= 11 is 0. The van der Waals surface area contributed by atoms with Gasteiger partial charge in [-0.2, -0.15) is 8.42 Å². The van der Waals surface area contributed by atoms with Crippen LogP contribution in [0.15, 0.2) is 69.6 Å². The Morgan fingerprint density at radius 1 is 0.714 bits per heavy atom. The van der Waals surface area contributed by atoms with Gasteiger partial charge in [-0.1, -0.05) is 26.8 Å². The molecule has 4 aliphatic rings. The van der Waals surface area contributed by atoms with Gasteiger partial charge in [-0.3, -0.25) is 14.1 Å². The molecular formula is C58H85N3O21S2. The number of benzene rings is 2. The van der Waals surface area contributed by atoms with Gasteiger partial charge in [-0.05, 0) is 85.2 Å². The van der Waals surface area contributed by atoms with Crippen LogP contribution in [-0.2, 0) is 97.7 Å². The molecule has 84 heavy (non-hydrogen) atoms. The highest BCUT2D eigenvalue weighted by Crippen LogP contribution is 2.51. The summed E-state index contributed by atoms with van der Waals surface area (Å²) in [6.07, 6.45) is 5.12. The fourth-order valence-electron chi connectivity index (χ4n) is 9.34. The molecule has 1 saturated heterocycles. The second-order valence-corrected chi connectivity index (χ2v) is 23.9. The van der Waals surface area contributed by atoms with Gasteiger partial charge in [-0.25, -0.2) is 17.8 Å². The van der Waals surface area contributed by atoms with Gasteiger partial charge in [0.15, 0.2) is 13.1 Å². The highest BCUT2D eigenvalue weighted by Gasteiger charge is 2.44. The standard InChI is InChI=1S/C58H85N3O21S2/c1-57(2,3)49-43-46(10-7-11-53-58(4,19-8-12-56(64)82-61-54(62)17-18-55(61)63)50-44-47(84(68,69)70)14-16-51(50)60(53)20-9-41-83(65,66)67)81-52-42-45(13-15-48(49)52)59(21-23-73-29-31-77-37-39-79-35-33-75-27-25-71-5)22-24-74-30-32-78-38-40-80-36-34-76-28-26-72-6/h7,10-11,13-16,42-44H,8-9,12,17-41H2,1-6H3,(H-,65,66,67,68,69,70). The van der Waals surface area contributed by atoms with Crippen LogP contribution in [0.5, 0.6) is 0 Å². The zero-order chi connectivity index (χ0) is 61.0. The molecule has 0 aromatic heterocycles. The third kappa shape index (κ3) is 23.3. The van der Waals surface area contributed by atoms with E-state index in [9.17, 15) is 40.3 Å². The van der Waals surface area contributed by atoms with E-state index in [0.29, 0.717) is 166 Å². The fraction of sp³-hybridized carbons (Fsp3) is 0.621. The van der Waals surface area contributed by atoms with Crippen molar-refractivity contribution in [2.24, 2.45) is 0 Å². The molecule has 0 radical (unpaired) electrons. The number of hydroxylamine groups is 2. The van der Waals surface area contributed by atoms with Gasteiger partial charge in [0.2, 0.25) is 5.36 Å². The monoisotopic (exact) mass is 1220 g/mol. The van der Waals surface area contributed by atoms with E-state index in [4.69, 9.17) is 56.6 Å². The SMILES string of the molecule is COCCOCCOCCOCCOCC[N+](CCOCCOCCOCCOCCOC)=c1ccc2c(C(C)(C)C)cc(/C=C/C=C3/N(CCCS(=O)(=O)O)c4ccc(S(=O)(=O)[O-])cc4C3(C)CCCC(=O)ON3C(=O)CCC3=O)oc-2c1. The van der Waals surface area contributed by atoms with E-state index in [-0.39, 0.29) is 50.5 Å². The molecule has 2 amide bonds. The molecule has 1 aliphatic carbocycles. The van der Waals surface area contributed by atoms with Crippen molar-refractivity contribution >= 4 is 49.8 Å². The maximum atomic E-state index is 13.0. The molecule has 0 saturated carbocycles. The molecule has 1 atom stereocenters. The first-order chi connectivity index (χ1) is 40.2. The minimum absolute atomic E-state index is 0.0382. The number of hydrogen-bond acceptors (Lipinski definition) is 21. The molecule has 1 unspecified atom stereocenters. The van der Waals surface area contributed by atoms with Gasteiger partial charge >= 0.3 is 5.97 Å². The normalized spacial score (nSPS) is 16.3. The highest BCUT2D eigenvalue weighted by atomic mass is 32.2. The molecule has 24 nitrogen and oxygen atoms in total. The second-order valence-electron chi connectivity index (χ2n) is 20.9. The number of carbonyl (C=O) groups is 3. The Morgan fingerprint density at radius 3 is 1.71 bits per heavy atom. The summed E-state index contributed by atoms with van der Waals surface area (Å²) < 4.78 is 135. The van der Waals surface area contributed by atoms with Crippen molar-refractivity contribution in [2.75, 3.05) is 163 Å². The van der Waals surface area contributed by atoms with Crippen molar-refractivity contribution in [1.82, 2.24) is 9.64 Å². The largest absolute Gasteiger partial charge is 0.744 e. The quantitative estimate of drug-likeness (QED) is 0.0353. The lowest BCUT2D eigenvalue weighted by Gasteiger charge is -2.30. The lowest BCUT2D eigenvalue weighted by molar-refractivity contribution is -0.197. The van der Waals surface area contributed by atoms with Crippen LogP contribution in [0.3, 0.4) is 0 Å². The summed E-state index contributed by atoms with van der Waals surface area (Å²) in [4.78, 5) is 43.8. The molecule has 3 aliphatic heterocycles. The molecule has 3 heterocycles. The smallest absolute Gasteiger partial charge is 0.333 e. The number of amides is 2. The summed E-state index contributed by atoms with van der Waals surface area (Å²) in [7, 11) is -6.07. The predicted octanol–water partition coefficient (Wildman–Crippen LogP) is 4.51. The first kappa shape index (κ1) is 69.7. The van der Waals surface area contributed by atoms with Gasteiger partial charge in [0.25, 0.3) is 21.9 Å². The minimum atomic E-state index is -4.94. The predicted molar refractivity (Wildman–Crippen MR) is 308 cm³/mol. The molecule has 0 bridgehead atoms. The van der Waals surface area contributed by atoms with E-state index in [1.807, 2.05) is 24.3 Å². The maximum Gasteiger partial charge on any atom is 0.333 e. The van der Waals surface area contributed by atoms with E-state index >= 15 is 0 Å². The van der Waals surface area contributed by atoms with Crippen molar-refractivity contribution in [3.8, 4) is 11.3 Å². The molecule has 5 rings (SSSR count). The minimum Gasteiger partial charge on any atom is -0.744 e. The van der Waals surface area contributed by atoms with Crippen LogP contribution in [0.4, 0.5) is 5.69 Å². The van der Waals surface area contributed by atoms with Crippen LogP contribution in [0.1, 0.15) is 83.1 Å². The van der Waals surface area contributed by atoms with E-state index in [1.54, 1.807) is 44.3 Å². The van der Waals surface area contributed by atoms with Gasteiger partial charge in [-0.15, -0.1) is 5.06 Å². The van der Waals surface area contributed by atoms with Gasteiger partial charge in [0.05, 0.1) is 122 Å². The van der Waals surface area contributed by atoms with Crippen LogP contribution in [0, 0.1) is 0 Å². The van der Waals surface area contributed by atoms with E-state index < -0.39 is 54.1 Å². The van der Waals surface area contributed by atoms with E-state index in [0.717, 1.165) is 16.5 Å². The topological polar surface area (TPSA) is 287 Å². The molecular weight excluding hydrogens is 1140 g/mol. The van der Waals surface area contributed by atoms with Crippen LogP contribution in [0.2, 0.25) is 0 Å². The van der Waals surface area contributed by atoms with Crippen molar-refractivity contribution in [1.29, 1.82) is 0 Å². The summed E-state index contributed by atoms with van der Waals surface area (Å²) in [6, 6.07) is 11.9. The average molecular weight is 1220 g/mol. The van der Waals surface area contributed by atoms with E-state index in [2.05, 4.69) is 25.3 Å². The van der Waals surface area contributed by atoms with Crippen LogP contribution in [0.25, 0.3) is 17.4 Å². The van der Waals surface area contributed by atoms with E-state index in [1.165, 1.54) is 18.2 Å². The van der Waals surface area contributed by atoms with Crippen molar-refractivity contribution in [2.45, 2.75) is 81.9 Å². The van der Waals surface area contributed by atoms with Crippen molar-refractivity contribution in [3.63, 3.8) is 0 Å². The Balaban J connectivity index is 1.40. The highest BCUT2D eigenvalue weighted by molar-refractivity contribution is 7.86. The number of methoxy groups -OCH3 is 2. The Bertz CT molecular complexity index is 2840. The number of hydrogen-bond donors (Lipinski definition) is 1. The summed E-state index contributed by atoms with van der Waals surface area (Å²) in [5.74, 6) is -1.60. The molecule has 0 spiro atoms. The Hall–Kier alpha value is -5.04. The molecule has 1 aromatic rings. The zero-order valence-corrected chi connectivity index (χ0v) is 51.0. The number of ether oxygens (including phenoxy) is 10. The number of fused-ring (bicyclic) bond motifs is 2. The lowest BCUT2D eigenvalue weighted by atomic mass is 9.77. The maximum absolute atomic E-state index is 13.0. The summed E-state index contributed by atoms with van der Waals surface area (Å²) in [5, 5.41) is 1.31. The molecule has 1 aromatic carbocycles. The van der Waals surface area contributed by atoms with Crippen molar-refractivity contribution in [3.05, 3.63) is 82.6 Å². The second kappa shape index (κ2) is 35.6. The number of carbonyl (C=O) groups excluding carboxylic acids is 3. The Labute approximate surface area is 493 Å². The molecule has 470 valence electrons. The first-order valence-electron chi connectivity index (χ1n) is 28.2. The zero-order valence-electron chi connectivity index (χ0n) is 49.3. The van der Waals surface area contributed by atoms with Gasteiger partial charge < -0.3 is 66.1 Å². The fourth-order valence-corrected chi connectivity index (χ4v) is 10.3. The Kier molecular flexibility index (Phi) is 29.5. The first-order valence-corrected chi connectivity index (χ1v) is 31.2. The third-order valence-corrected chi connectivity index (χ3v) is 15.2. The van der Waals surface area contributed by atoms with Crippen LogP contribution < -0.4 is 14.8 Å². The average Bonchev–Trinajstić information content (AvgIpc) is 4.02. The van der Waals surface area contributed by atoms with Gasteiger partial charge in [0, 0.05) is 68.5 Å². The number of nitrogens with zero attached hydrogens (tertiary/aromatic N) is 3. The summed E-state index contributed by atoms with van der Waals surface area (Å²) in [5.41, 5.74) is 1.84. The molecule has 26 heteroatoms. The number of allylic oxidation sites excluding steroid dienone is 3. The Morgan fingerprint density at radius 2 is 1.23 bits per heavy atom. The molecule has 1 N–H and O–H groups in total. The lowest BCUT2D eigenvalue weighted by Crippen LogP contribution is -2.36. The number of anilines is 1. The van der Waals surface area contributed by atoms with Crippen molar-refractivity contribution < 1.29 is 96.9 Å². The summed E-state index contributed by atoms with van der Waals surface area (Å²) in [6.45, 7) is 17.1. The van der Waals surface area contributed by atoms with Gasteiger partial charge in [0.1, 0.15) is 34.9 Å². The molecule has 1 fully saturated rings. The number of imide groups is 1.